The monoisotopic (exact) mass is 281 g/mol. The number of hydrogen-bond donors (Lipinski definition) is 1. The van der Waals surface area contributed by atoms with E-state index in [9.17, 15) is 4.79 Å². The van der Waals surface area contributed by atoms with E-state index in [-0.39, 0.29) is 11.3 Å². The Balaban J connectivity index is 3.95. The van der Waals surface area contributed by atoms with Crippen molar-refractivity contribution in [3.8, 4) is 0 Å². The van der Waals surface area contributed by atoms with Crippen molar-refractivity contribution in [3.63, 3.8) is 0 Å². The summed E-state index contributed by atoms with van der Waals surface area (Å²) in [6, 6.07) is 0. The van der Waals surface area contributed by atoms with Gasteiger partial charge in [-0.15, -0.1) is 0 Å². The van der Waals surface area contributed by atoms with Crippen LogP contribution < -0.4 is 5.32 Å². The molecule has 0 aromatic carbocycles. The molecule has 0 aromatic rings. The van der Waals surface area contributed by atoms with E-state index in [2.05, 4.69) is 39.1 Å². The molecule has 0 heterocycles. The fraction of sp³-hybridized carbons (Fsp3) is 0.833. The molecule has 0 spiro atoms. The van der Waals surface area contributed by atoms with Gasteiger partial charge in [-0.3, -0.25) is 4.79 Å². The van der Waals surface area contributed by atoms with Crippen LogP contribution in [0.5, 0.6) is 0 Å². The summed E-state index contributed by atoms with van der Waals surface area (Å²) in [5.74, 6) is 0.820. The van der Waals surface area contributed by atoms with Gasteiger partial charge in [0.1, 0.15) is 0 Å². The minimum atomic E-state index is -0.0400. The van der Waals surface area contributed by atoms with Crippen LogP contribution in [0.2, 0.25) is 0 Å². The summed E-state index contributed by atoms with van der Waals surface area (Å²) in [6.45, 7) is 11.5. The van der Waals surface area contributed by atoms with Crippen molar-refractivity contribution in [2.45, 2.75) is 79.6 Å². The molecular formula is C18H35NO. The van der Waals surface area contributed by atoms with Crippen LogP contribution in [0, 0.1) is 11.3 Å². The van der Waals surface area contributed by atoms with Gasteiger partial charge in [0, 0.05) is 13.0 Å². The lowest BCUT2D eigenvalue weighted by atomic mass is 9.88. The molecule has 118 valence electrons. The summed E-state index contributed by atoms with van der Waals surface area (Å²) < 4.78 is 0. The normalized spacial score (nSPS) is 13.7. The lowest BCUT2D eigenvalue weighted by Gasteiger charge is -2.21. The summed E-state index contributed by atoms with van der Waals surface area (Å²) in [5, 5.41) is 3.12. The first-order chi connectivity index (χ1) is 9.45. The number of carbonyl (C=O) groups excluding carboxylic acids is 1. The summed E-state index contributed by atoms with van der Waals surface area (Å²) in [4.78, 5) is 12.0. The van der Waals surface area contributed by atoms with Crippen LogP contribution >= 0.6 is 0 Å². The largest absolute Gasteiger partial charge is 0.356 e. The van der Waals surface area contributed by atoms with Crippen molar-refractivity contribution in [1.29, 1.82) is 0 Å². The van der Waals surface area contributed by atoms with E-state index in [4.69, 9.17) is 0 Å². The Labute approximate surface area is 126 Å². The zero-order chi connectivity index (χ0) is 15.4. The molecule has 0 saturated carbocycles. The first-order valence-electron chi connectivity index (χ1n) is 8.35. The van der Waals surface area contributed by atoms with Crippen LogP contribution in [0.4, 0.5) is 0 Å². The van der Waals surface area contributed by atoms with Crippen molar-refractivity contribution in [3.05, 3.63) is 12.2 Å². The van der Waals surface area contributed by atoms with Crippen molar-refractivity contribution >= 4 is 5.91 Å². The summed E-state index contributed by atoms with van der Waals surface area (Å²) in [5.41, 5.74) is -0.0400. The van der Waals surface area contributed by atoms with Gasteiger partial charge in [0.25, 0.3) is 0 Å². The van der Waals surface area contributed by atoms with Crippen LogP contribution in [0.15, 0.2) is 12.2 Å². The molecule has 0 saturated heterocycles. The number of allylic oxidation sites excluding steroid dienone is 2. The third kappa shape index (κ3) is 10.1. The van der Waals surface area contributed by atoms with E-state index in [1.54, 1.807) is 0 Å². The van der Waals surface area contributed by atoms with Crippen molar-refractivity contribution in [2.24, 2.45) is 11.3 Å². The molecule has 0 aliphatic rings. The molecule has 0 aromatic heterocycles. The molecule has 0 radical (unpaired) electrons. The molecule has 2 nitrogen and oxygen atoms in total. The Morgan fingerprint density at radius 2 is 1.90 bits per heavy atom. The lowest BCUT2D eigenvalue weighted by molar-refractivity contribution is -0.122. The molecular weight excluding hydrogens is 246 g/mol. The maximum atomic E-state index is 12.0. The minimum Gasteiger partial charge on any atom is -0.356 e. The number of nitrogens with one attached hydrogen (secondary N) is 1. The maximum Gasteiger partial charge on any atom is 0.220 e. The highest BCUT2D eigenvalue weighted by Crippen LogP contribution is 2.22. The van der Waals surface area contributed by atoms with Crippen LogP contribution in [-0.2, 0) is 4.79 Å². The predicted octanol–water partition coefficient (Wildman–Crippen LogP) is 5.09. The molecule has 1 amide bonds. The van der Waals surface area contributed by atoms with Gasteiger partial charge in [0.05, 0.1) is 0 Å². The zero-order valence-corrected chi connectivity index (χ0v) is 14.3. The Hall–Kier alpha value is -0.790. The third-order valence-corrected chi connectivity index (χ3v) is 3.87. The molecule has 1 unspecified atom stereocenters. The van der Waals surface area contributed by atoms with Gasteiger partial charge in [0.15, 0.2) is 0 Å². The van der Waals surface area contributed by atoms with Crippen molar-refractivity contribution in [2.75, 3.05) is 6.54 Å². The number of unbranched alkanes of at least 4 members (excludes halogenated alkanes) is 3. The van der Waals surface area contributed by atoms with Crippen molar-refractivity contribution < 1.29 is 4.79 Å². The fourth-order valence-electron chi connectivity index (χ4n) is 2.55. The smallest absolute Gasteiger partial charge is 0.220 e. The lowest BCUT2D eigenvalue weighted by Crippen LogP contribution is -2.32. The standard InChI is InChI=1S/C18H35NO/c1-6-9-10-11-12-16(8-3)15-19-17(20)14-18(4,5)13-7-2/h7,13,16H,6,8-12,14-15H2,1-5H3,(H,19,20)/b13-7+. The zero-order valence-electron chi connectivity index (χ0n) is 14.3. The number of rotatable bonds is 11. The van der Waals surface area contributed by atoms with E-state index < -0.39 is 0 Å². The van der Waals surface area contributed by atoms with Gasteiger partial charge < -0.3 is 5.32 Å². The summed E-state index contributed by atoms with van der Waals surface area (Å²) >= 11 is 0. The molecule has 1 N–H and O–H groups in total. The van der Waals surface area contributed by atoms with Crippen LogP contribution in [0.3, 0.4) is 0 Å². The molecule has 1 atom stereocenters. The van der Waals surface area contributed by atoms with E-state index in [0.717, 1.165) is 13.0 Å². The predicted molar refractivity (Wildman–Crippen MR) is 88.8 cm³/mol. The van der Waals surface area contributed by atoms with E-state index in [1.165, 1.54) is 32.1 Å². The minimum absolute atomic E-state index is 0.0400. The van der Waals surface area contributed by atoms with Gasteiger partial charge in [0.2, 0.25) is 5.91 Å². The van der Waals surface area contributed by atoms with Gasteiger partial charge in [-0.2, -0.15) is 0 Å². The quantitative estimate of drug-likeness (QED) is 0.415. The molecule has 0 bridgehead atoms. The first-order valence-corrected chi connectivity index (χ1v) is 8.35. The Morgan fingerprint density at radius 1 is 1.20 bits per heavy atom. The van der Waals surface area contributed by atoms with E-state index in [1.807, 2.05) is 13.0 Å². The Kier molecular flexibility index (Phi) is 10.5. The highest BCUT2D eigenvalue weighted by atomic mass is 16.1. The molecule has 0 aliphatic heterocycles. The van der Waals surface area contributed by atoms with Gasteiger partial charge >= 0.3 is 0 Å². The van der Waals surface area contributed by atoms with Gasteiger partial charge in [-0.25, -0.2) is 0 Å². The molecule has 0 aliphatic carbocycles. The average molecular weight is 281 g/mol. The second-order valence-electron chi connectivity index (χ2n) is 6.59. The fourth-order valence-corrected chi connectivity index (χ4v) is 2.55. The third-order valence-electron chi connectivity index (χ3n) is 3.87. The van der Waals surface area contributed by atoms with E-state index in [0.29, 0.717) is 12.3 Å². The second kappa shape index (κ2) is 10.9. The molecule has 20 heavy (non-hydrogen) atoms. The van der Waals surface area contributed by atoms with Crippen molar-refractivity contribution in [1.82, 2.24) is 5.32 Å². The van der Waals surface area contributed by atoms with Crippen LogP contribution in [0.1, 0.15) is 79.6 Å². The number of amides is 1. The SMILES string of the molecule is C/C=C/C(C)(C)CC(=O)NCC(CC)CCCCCC. The van der Waals surface area contributed by atoms with Gasteiger partial charge in [-0.1, -0.05) is 72.0 Å². The Bertz CT molecular complexity index is 281. The van der Waals surface area contributed by atoms with Gasteiger partial charge in [-0.05, 0) is 24.7 Å². The highest BCUT2D eigenvalue weighted by molar-refractivity contribution is 5.76. The molecule has 0 rings (SSSR count). The highest BCUT2D eigenvalue weighted by Gasteiger charge is 2.18. The molecule has 2 heteroatoms. The van der Waals surface area contributed by atoms with Crippen LogP contribution in [-0.4, -0.2) is 12.5 Å². The van der Waals surface area contributed by atoms with E-state index >= 15 is 0 Å². The topological polar surface area (TPSA) is 29.1 Å². The maximum absolute atomic E-state index is 12.0. The molecule has 0 fully saturated rings. The van der Waals surface area contributed by atoms with Crippen LogP contribution in [0.25, 0.3) is 0 Å². The Morgan fingerprint density at radius 3 is 2.45 bits per heavy atom. The summed E-state index contributed by atoms with van der Waals surface area (Å²) in [7, 11) is 0. The summed E-state index contributed by atoms with van der Waals surface area (Å²) in [6.07, 6.45) is 12.4. The second-order valence-corrected chi connectivity index (χ2v) is 6.59. The average Bonchev–Trinajstić information content (AvgIpc) is 2.37. The number of hydrogen-bond acceptors (Lipinski definition) is 1. The number of carbonyl (C=O) groups is 1. The first kappa shape index (κ1) is 19.2.